The van der Waals surface area contributed by atoms with E-state index in [1.807, 2.05) is 48.5 Å². The third-order valence-corrected chi connectivity index (χ3v) is 4.24. The van der Waals surface area contributed by atoms with Crippen LogP contribution in [-0.2, 0) is 4.74 Å². The Morgan fingerprint density at radius 2 is 1.88 bits per heavy atom. The largest absolute Gasteiger partial charge is 0.411 e. The smallest absolute Gasteiger partial charge is 0.400 e. The van der Waals surface area contributed by atoms with E-state index in [9.17, 15) is 0 Å². The summed E-state index contributed by atoms with van der Waals surface area (Å²) in [6.45, 7) is 0.740. The van der Waals surface area contributed by atoms with E-state index in [1.165, 1.54) is 0 Å². The highest BCUT2D eigenvalue weighted by Gasteiger charge is 2.24. The highest BCUT2D eigenvalue weighted by molar-refractivity contribution is 5.72. The van der Waals surface area contributed by atoms with Crippen LogP contribution in [0.4, 0.5) is 0 Å². The van der Waals surface area contributed by atoms with Crippen LogP contribution in [0, 0.1) is 0 Å². The second kappa shape index (κ2) is 6.27. The zero-order valence-electron chi connectivity index (χ0n) is 13.8. The molecule has 4 aromatic rings. The minimum absolute atomic E-state index is 0.0852. The number of para-hydroxylation sites is 2. The quantitative estimate of drug-likeness (QED) is 0.535. The van der Waals surface area contributed by atoms with Crippen LogP contribution in [0.2, 0.25) is 0 Å². The van der Waals surface area contributed by atoms with Crippen LogP contribution in [0.5, 0.6) is 11.8 Å². The SMILES string of the molecule is c1ccc2oc(Oc3ccc(-c4noc(C5CCCO5)n4)cc3)nc2c1. The van der Waals surface area contributed by atoms with Crippen molar-refractivity contribution in [3.8, 4) is 23.2 Å². The lowest BCUT2D eigenvalue weighted by Gasteiger charge is -2.01. The normalized spacial score (nSPS) is 17.0. The molecule has 1 aliphatic heterocycles. The first-order chi connectivity index (χ1) is 12.8. The lowest BCUT2D eigenvalue weighted by Crippen LogP contribution is -1.95. The van der Waals surface area contributed by atoms with Crippen LogP contribution in [-0.4, -0.2) is 21.7 Å². The maximum atomic E-state index is 5.68. The molecule has 0 spiro atoms. The molecule has 1 atom stereocenters. The van der Waals surface area contributed by atoms with Crippen molar-refractivity contribution in [3.63, 3.8) is 0 Å². The number of oxazole rings is 1. The highest BCUT2D eigenvalue weighted by Crippen LogP contribution is 2.30. The summed E-state index contributed by atoms with van der Waals surface area (Å²) >= 11 is 0. The van der Waals surface area contributed by atoms with Gasteiger partial charge in [0.1, 0.15) is 17.4 Å². The molecule has 5 rings (SSSR count). The zero-order valence-corrected chi connectivity index (χ0v) is 13.8. The minimum Gasteiger partial charge on any atom is -0.411 e. The Kier molecular flexibility index (Phi) is 3.64. The van der Waals surface area contributed by atoms with E-state index < -0.39 is 0 Å². The third kappa shape index (κ3) is 2.82. The minimum atomic E-state index is -0.0852. The highest BCUT2D eigenvalue weighted by atomic mass is 16.6. The molecule has 26 heavy (non-hydrogen) atoms. The van der Waals surface area contributed by atoms with Gasteiger partial charge in [-0.2, -0.15) is 9.97 Å². The summed E-state index contributed by atoms with van der Waals surface area (Å²) in [5, 5.41) is 4.04. The van der Waals surface area contributed by atoms with Gasteiger partial charge in [-0.25, -0.2) is 0 Å². The van der Waals surface area contributed by atoms with Gasteiger partial charge in [0.2, 0.25) is 5.82 Å². The van der Waals surface area contributed by atoms with Crippen molar-refractivity contribution in [3.05, 3.63) is 54.4 Å². The molecule has 0 radical (unpaired) electrons. The Hall–Kier alpha value is -3.19. The van der Waals surface area contributed by atoms with Crippen molar-refractivity contribution in [1.82, 2.24) is 15.1 Å². The molecule has 1 unspecified atom stereocenters. The van der Waals surface area contributed by atoms with E-state index in [2.05, 4.69) is 15.1 Å². The Morgan fingerprint density at radius 3 is 2.69 bits per heavy atom. The van der Waals surface area contributed by atoms with Gasteiger partial charge in [-0.1, -0.05) is 17.3 Å². The summed E-state index contributed by atoms with van der Waals surface area (Å²) in [5.74, 6) is 1.68. The van der Waals surface area contributed by atoms with E-state index in [0.717, 1.165) is 30.5 Å². The molecular formula is C19H15N3O4. The van der Waals surface area contributed by atoms with Gasteiger partial charge in [0.25, 0.3) is 5.89 Å². The van der Waals surface area contributed by atoms with Gasteiger partial charge in [-0.15, -0.1) is 0 Å². The van der Waals surface area contributed by atoms with Gasteiger partial charge >= 0.3 is 6.08 Å². The van der Waals surface area contributed by atoms with Gasteiger partial charge < -0.3 is 18.4 Å². The first-order valence-electron chi connectivity index (χ1n) is 8.44. The summed E-state index contributed by atoms with van der Waals surface area (Å²) < 4.78 is 22.1. The summed E-state index contributed by atoms with van der Waals surface area (Å²) in [6.07, 6.45) is 2.06. The first-order valence-corrected chi connectivity index (χ1v) is 8.44. The molecule has 0 amide bonds. The predicted octanol–water partition coefficient (Wildman–Crippen LogP) is 4.52. The second-order valence-electron chi connectivity index (χ2n) is 6.03. The number of nitrogens with zero attached hydrogens (tertiary/aromatic N) is 3. The number of hydrogen-bond acceptors (Lipinski definition) is 7. The van der Waals surface area contributed by atoms with E-state index >= 15 is 0 Å². The number of hydrogen-bond donors (Lipinski definition) is 0. The van der Waals surface area contributed by atoms with Crippen LogP contribution in [0.25, 0.3) is 22.5 Å². The molecule has 0 aliphatic carbocycles. The summed E-state index contributed by atoms with van der Waals surface area (Å²) in [6, 6.07) is 14.9. The van der Waals surface area contributed by atoms with Crippen molar-refractivity contribution in [2.24, 2.45) is 0 Å². The fourth-order valence-electron chi connectivity index (χ4n) is 2.92. The Balaban J connectivity index is 1.33. The number of benzene rings is 2. The van der Waals surface area contributed by atoms with Crippen LogP contribution < -0.4 is 4.74 Å². The maximum absolute atomic E-state index is 5.68. The van der Waals surface area contributed by atoms with Gasteiger partial charge in [-0.05, 0) is 49.2 Å². The molecule has 0 N–H and O–H groups in total. The average Bonchev–Trinajstić information content (AvgIpc) is 3.41. The molecule has 1 aliphatic rings. The Bertz CT molecular complexity index is 999. The molecule has 1 saturated heterocycles. The topological polar surface area (TPSA) is 83.4 Å². The molecule has 1 fully saturated rings. The molecule has 2 aromatic heterocycles. The standard InChI is InChI=1S/C19H15N3O4/c1-2-5-15-14(4-1)20-19(25-15)24-13-9-7-12(8-10-13)17-21-18(26-22-17)16-6-3-11-23-16/h1-2,4-5,7-10,16H,3,6,11H2. The summed E-state index contributed by atoms with van der Waals surface area (Å²) in [5.41, 5.74) is 2.28. The molecule has 0 bridgehead atoms. The lowest BCUT2D eigenvalue weighted by molar-refractivity contribution is 0.0835. The van der Waals surface area contributed by atoms with Gasteiger partial charge in [0, 0.05) is 12.2 Å². The van der Waals surface area contributed by atoms with E-state index in [-0.39, 0.29) is 12.2 Å². The van der Waals surface area contributed by atoms with Gasteiger partial charge in [0.15, 0.2) is 5.58 Å². The van der Waals surface area contributed by atoms with Crippen LogP contribution in [0.15, 0.2) is 57.5 Å². The monoisotopic (exact) mass is 349 g/mol. The number of rotatable bonds is 4. The summed E-state index contributed by atoms with van der Waals surface area (Å²) in [7, 11) is 0. The Morgan fingerprint density at radius 1 is 1.00 bits per heavy atom. The molecule has 0 saturated carbocycles. The fourth-order valence-corrected chi connectivity index (χ4v) is 2.92. The van der Waals surface area contributed by atoms with Crippen molar-refractivity contribution < 1.29 is 18.4 Å². The molecule has 2 aromatic carbocycles. The summed E-state index contributed by atoms with van der Waals surface area (Å²) in [4.78, 5) is 8.72. The van der Waals surface area contributed by atoms with Crippen LogP contribution >= 0.6 is 0 Å². The van der Waals surface area contributed by atoms with Crippen LogP contribution in [0.1, 0.15) is 24.8 Å². The maximum Gasteiger partial charge on any atom is 0.400 e. The molecule has 7 nitrogen and oxygen atoms in total. The van der Waals surface area contributed by atoms with Gasteiger partial charge in [0.05, 0.1) is 0 Å². The lowest BCUT2D eigenvalue weighted by atomic mass is 10.2. The Labute approximate surface area is 148 Å². The van der Waals surface area contributed by atoms with Crippen molar-refractivity contribution in [2.45, 2.75) is 18.9 Å². The van der Waals surface area contributed by atoms with Crippen molar-refractivity contribution in [2.75, 3.05) is 6.61 Å². The number of fused-ring (bicyclic) bond motifs is 1. The van der Waals surface area contributed by atoms with E-state index in [1.54, 1.807) is 0 Å². The molecule has 7 heteroatoms. The van der Waals surface area contributed by atoms with Crippen LogP contribution in [0.3, 0.4) is 0 Å². The fraction of sp³-hybridized carbons (Fsp3) is 0.211. The van der Waals surface area contributed by atoms with Crippen molar-refractivity contribution >= 4 is 11.1 Å². The van der Waals surface area contributed by atoms with E-state index in [0.29, 0.717) is 23.0 Å². The second-order valence-corrected chi connectivity index (χ2v) is 6.03. The van der Waals surface area contributed by atoms with Gasteiger partial charge in [-0.3, -0.25) is 0 Å². The number of aromatic nitrogens is 3. The predicted molar refractivity (Wildman–Crippen MR) is 91.7 cm³/mol. The van der Waals surface area contributed by atoms with Crippen molar-refractivity contribution in [1.29, 1.82) is 0 Å². The third-order valence-electron chi connectivity index (χ3n) is 4.24. The molecule has 3 heterocycles. The molecule has 130 valence electrons. The number of ether oxygens (including phenoxy) is 2. The average molecular weight is 349 g/mol. The zero-order chi connectivity index (χ0) is 17.3. The first kappa shape index (κ1) is 15.1. The van der Waals surface area contributed by atoms with E-state index in [4.69, 9.17) is 18.4 Å². The molecular weight excluding hydrogens is 334 g/mol.